The molecule has 2 aromatic heterocycles. The molecule has 1 fully saturated rings. The molecular weight excluding hydrogens is 234 g/mol. The Balaban J connectivity index is 2.11. The Hall–Kier alpha value is -1.35. The molecule has 3 heterocycles. The third-order valence-corrected chi connectivity index (χ3v) is 3.46. The standard InChI is InChI=1S/C13H14ClN3/c14-12-8-11-10(9-16-12)4-5-15-13(11)17-6-2-1-3-7-17/h4-5,8-9H,1-3,6-7H2. The van der Waals surface area contributed by atoms with Crippen LogP contribution in [0.1, 0.15) is 19.3 Å². The van der Waals surface area contributed by atoms with E-state index in [0.29, 0.717) is 5.15 Å². The van der Waals surface area contributed by atoms with E-state index in [9.17, 15) is 0 Å². The van der Waals surface area contributed by atoms with Crippen molar-refractivity contribution in [2.24, 2.45) is 0 Å². The zero-order valence-corrected chi connectivity index (χ0v) is 10.3. The van der Waals surface area contributed by atoms with Crippen LogP contribution < -0.4 is 4.90 Å². The van der Waals surface area contributed by atoms with E-state index in [4.69, 9.17) is 11.6 Å². The third kappa shape index (κ3) is 2.07. The second kappa shape index (κ2) is 4.49. The lowest BCUT2D eigenvalue weighted by atomic mass is 10.1. The molecule has 0 aliphatic carbocycles. The van der Waals surface area contributed by atoms with Crippen molar-refractivity contribution in [3.63, 3.8) is 0 Å². The molecule has 0 N–H and O–H groups in total. The maximum Gasteiger partial charge on any atom is 0.136 e. The third-order valence-electron chi connectivity index (χ3n) is 3.25. The van der Waals surface area contributed by atoms with Gasteiger partial charge in [-0.2, -0.15) is 0 Å². The molecule has 0 atom stereocenters. The molecule has 1 saturated heterocycles. The molecule has 88 valence electrons. The Morgan fingerprint density at radius 1 is 1.12 bits per heavy atom. The highest BCUT2D eigenvalue weighted by Crippen LogP contribution is 2.27. The summed E-state index contributed by atoms with van der Waals surface area (Å²) < 4.78 is 0. The first kappa shape index (κ1) is 10.8. The van der Waals surface area contributed by atoms with E-state index >= 15 is 0 Å². The summed E-state index contributed by atoms with van der Waals surface area (Å²) in [7, 11) is 0. The molecule has 0 saturated carbocycles. The van der Waals surface area contributed by atoms with Crippen LogP contribution in [0.4, 0.5) is 5.82 Å². The fourth-order valence-corrected chi connectivity index (χ4v) is 2.54. The zero-order chi connectivity index (χ0) is 11.7. The van der Waals surface area contributed by atoms with Crippen molar-refractivity contribution >= 4 is 28.2 Å². The lowest BCUT2D eigenvalue weighted by Crippen LogP contribution is -2.30. The maximum absolute atomic E-state index is 5.97. The fraction of sp³-hybridized carbons (Fsp3) is 0.385. The van der Waals surface area contributed by atoms with Crippen molar-refractivity contribution in [1.82, 2.24) is 9.97 Å². The van der Waals surface area contributed by atoms with Crippen molar-refractivity contribution in [2.45, 2.75) is 19.3 Å². The monoisotopic (exact) mass is 247 g/mol. The SMILES string of the molecule is Clc1cc2c(N3CCCCC3)nccc2cn1. The molecule has 0 spiro atoms. The highest BCUT2D eigenvalue weighted by molar-refractivity contribution is 6.30. The minimum absolute atomic E-state index is 0.531. The van der Waals surface area contributed by atoms with Gasteiger partial charge >= 0.3 is 0 Å². The second-order valence-corrected chi connectivity index (χ2v) is 4.80. The largest absolute Gasteiger partial charge is 0.356 e. The average Bonchev–Trinajstić information content (AvgIpc) is 2.39. The number of fused-ring (bicyclic) bond motifs is 1. The molecule has 0 unspecified atom stereocenters. The van der Waals surface area contributed by atoms with Gasteiger partial charge in [-0.05, 0) is 31.4 Å². The van der Waals surface area contributed by atoms with E-state index in [0.717, 1.165) is 29.7 Å². The minimum atomic E-state index is 0.531. The van der Waals surface area contributed by atoms with E-state index in [2.05, 4.69) is 14.9 Å². The van der Waals surface area contributed by atoms with Crippen LogP contribution in [0.2, 0.25) is 5.15 Å². The highest BCUT2D eigenvalue weighted by atomic mass is 35.5. The van der Waals surface area contributed by atoms with Crippen LogP contribution in [0.5, 0.6) is 0 Å². The smallest absolute Gasteiger partial charge is 0.136 e. The van der Waals surface area contributed by atoms with Gasteiger partial charge in [0.2, 0.25) is 0 Å². The van der Waals surface area contributed by atoms with Gasteiger partial charge in [0.05, 0.1) is 0 Å². The summed E-state index contributed by atoms with van der Waals surface area (Å²) >= 11 is 5.97. The lowest BCUT2D eigenvalue weighted by molar-refractivity contribution is 0.575. The number of pyridine rings is 2. The predicted octanol–water partition coefficient (Wildman–Crippen LogP) is 3.27. The Bertz CT molecular complexity index is 535. The van der Waals surface area contributed by atoms with Crippen molar-refractivity contribution in [3.05, 3.63) is 29.7 Å². The first-order valence-electron chi connectivity index (χ1n) is 6.00. The molecule has 0 bridgehead atoms. The average molecular weight is 248 g/mol. The summed E-state index contributed by atoms with van der Waals surface area (Å²) in [6.07, 6.45) is 7.48. The van der Waals surface area contributed by atoms with E-state index in [1.807, 2.05) is 24.5 Å². The molecule has 0 aromatic carbocycles. The maximum atomic E-state index is 5.97. The Kier molecular flexibility index (Phi) is 2.85. The van der Waals surface area contributed by atoms with Crippen molar-refractivity contribution in [1.29, 1.82) is 0 Å². The van der Waals surface area contributed by atoms with Crippen LogP contribution in [-0.2, 0) is 0 Å². The number of hydrogen-bond donors (Lipinski definition) is 0. The molecule has 2 aromatic rings. The van der Waals surface area contributed by atoms with Crippen molar-refractivity contribution < 1.29 is 0 Å². The summed E-state index contributed by atoms with van der Waals surface area (Å²) in [5.74, 6) is 1.05. The number of anilines is 1. The van der Waals surface area contributed by atoms with Crippen LogP contribution in [0.3, 0.4) is 0 Å². The van der Waals surface area contributed by atoms with Crippen LogP contribution in [0, 0.1) is 0 Å². The van der Waals surface area contributed by atoms with Gasteiger partial charge in [0, 0.05) is 36.3 Å². The van der Waals surface area contributed by atoms with Gasteiger partial charge in [0.15, 0.2) is 0 Å². The van der Waals surface area contributed by atoms with Gasteiger partial charge in [-0.1, -0.05) is 11.6 Å². The van der Waals surface area contributed by atoms with Gasteiger partial charge in [-0.25, -0.2) is 9.97 Å². The normalized spacial score (nSPS) is 16.4. The second-order valence-electron chi connectivity index (χ2n) is 4.41. The number of aromatic nitrogens is 2. The van der Waals surface area contributed by atoms with Gasteiger partial charge in [0.25, 0.3) is 0 Å². The molecule has 1 aliphatic heterocycles. The van der Waals surface area contributed by atoms with Crippen molar-refractivity contribution in [2.75, 3.05) is 18.0 Å². The van der Waals surface area contributed by atoms with E-state index in [-0.39, 0.29) is 0 Å². The van der Waals surface area contributed by atoms with Gasteiger partial charge < -0.3 is 4.90 Å². The first-order chi connectivity index (χ1) is 8.34. The molecular formula is C13H14ClN3. The Labute approximate surface area is 105 Å². The number of piperidine rings is 1. The quantitative estimate of drug-likeness (QED) is 0.725. The predicted molar refractivity (Wildman–Crippen MR) is 70.6 cm³/mol. The number of halogens is 1. The van der Waals surface area contributed by atoms with E-state index in [1.165, 1.54) is 19.3 Å². The topological polar surface area (TPSA) is 29.0 Å². The summed E-state index contributed by atoms with van der Waals surface area (Å²) in [6, 6.07) is 3.89. The number of nitrogens with zero attached hydrogens (tertiary/aromatic N) is 3. The number of rotatable bonds is 1. The lowest BCUT2D eigenvalue weighted by Gasteiger charge is -2.28. The Morgan fingerprint density at radius 3 is 2.76 bits per heavy atom. The molecule has 0 amide bonds. The van der Waals surface area contributed by atoms with Gasteiger partial charge in [-0.15, -0.1) is 0 Å². The Morgan fingerprint density at radius 2 is 1.94 bits per heavy atom. The molecule has 1 aliphatic rings. The molecule has 17 heavy (non-hydrogen) atoms. The first-order valence-corrected chi connectivity index (χ1v) is 6.37. The van der Waals surface area contributed by atoms with Gasteiger partial charge in [-0.3, -0.25) is 0 Å². The van der Waals surface area contributed by atoms with Crippen LogP contribution in [0.15, 0.2) is 24.5 Å². The molecule has 4 heteroatoms. The molecule has 0 radical (unpaired) electrons. The summed E-state index contributed by atoms with van der Waals surface area (Å²) in [4.78, 5) is 11.0. The van der Waals surface area contributed by atoms with E-state index < -0.39 is 0 Å². The molecule has 3 rings (SSSR count). The van der Waals surface area contributed by atoms with Crippen molar-refractivity contribution in [3.8, 4) is 0 Å². The van der Waals surface area contributed by atoms with Crippen LogP contribution in [0.25, 0.3) is 10.8 Å². The number of hydrogen-bond acceptors (Lipinski definition) is 3. The van der Waals surface area contributed by atoms with Gasteiger partial charge in [0.1, 0.15) is 11.0 Å². The van der Waals surface area contributed by atoms with Crippen LogP contribution in [-0.4, -0.2) is 23.1 Å². The zero-order valence-electron chi connectivity index (χ0n) is 9.56. The summed E-state index contributed by atoms with van der Waals surface area (Å²) in [5.41, 5.74) is 0. The van der Waals surface area contributed by atoms with E-state index in [1.54, 1.807) is 0 Å². The fourth-order valence-electron chi connectivity index (χ4n) is 2.38. The highest BCUT2D eigenvalue weighted by Gasteiger charge is 2.14. The summed E-state index contributed by atoms with van der Waals surface area (Å²) in [5, 5.41) is 2.74. The van der Waals surface area contributed by atoms with Crippen LogP contribution >= 0.6 is 11.6 Å². The summed E-state index contributed by atoms with van der Waals surface area (Å²) in [6.45, 7) is 2.18. The minimum Gasteiger partial charge on any atom is -0.356 e. The molecule has 3 nitrogen and oxygen atoms in total.